The third-order valence-electron chi connectivity index (χ3n) is 3.23. The first-order chi connectivity index (χ1) is 10.4. The molecule has 0 aliphatic carbocycles. The van der Waals surface area contributed by atoms with Gasteiger partial charge in [0.25, 0.3) is 0 Å². The van der Waals surface area contributed by atoms with Crippen molar-refractivity contribution in [2.75, 3.05) is 25.6 Å². The summed E-state index contributed by atoms with van der Waals surface area (Å²) < 4.78 is 32.7. The Bertz CT molecular complexity index is 611. The van der Waals surface area contributed by atoms with Gasteiger partial charge in [-0.15, -0.1) is 0 Å². The monoisotopic (exact) mass is 335 g/mol. The maximum Gasteiger partial charge on any atom is 0.314 e. The van der Waals surface area contributed by atoms with Crippen molar-refractivity contribution in [3.8, 4) is 0 Å². The fraction of sp³-hybridized carbons (Fsp3) is 0.636. The molecule has 1 aliphatic rings. The normalized spacial score (nSPS) is 29.3. The first-order valence-electron chi connectivity index (χ1n) is 6.38. The van der Waals surface area contributed by atoms with Crippen LogP contribution in [0.25, 0.3) is 0 Å². The zero-order chi connectivity index (χ0) is 16.3. The van der Waals surface area contributed by atoms with E-state index in [1.165, 1.54) is 6.20 Å². The summed E-state index contributed by atoms with van der Waals surface area (Å²) >= 11 is 0. The van der Waals surface area contributed by atoms with Crippen LogP contribution in [-0.2, 0) is 19.0 Å². The Morgan fingerprint density at radius 3 is 2.82 bits per heavy atom. The number of aromatic nitrogens is 2. The maximum atomic E-state index is 11.6. The Kier molecular flexibility index (Phi) is 5.26. The average molecular weight is 335 g/mol. The van der Waals surface area contributed by atoms with E-state index in [0.717, 1.165) is 13.2 Å². The summed E-state index contributed by atoms with van der Waals surface area (Å²) in [6, 6.07) is 0.396. The van der Waals surface area contributed by atoms with Gasteiger partial charge in [0.15, 0.2) is 5.03 Å². The van der Waals surface area contributed by atoms with Crippen molar-refractivity contribution in [3.63, 3.8) is 0 Å². The van der Waals surface area contributed by atoms with E-state index in [1.54, 1.807) is 0 Å². The van der Waals surface area contributed by atoms with Gasteiger partial charge in [-0.1, -0.05) is 0 Å². The topological polar surface area (TPSA) is 151 Å². The molecule has 0 bridgehead atoms. The highest BCUT2D eigenvalue weighted by Crippen LogP contribution is 2.18. The van der Waals surface area contributed by atoms with Gasteiger partial charge in [0.05, 0.1) is 26.4 Å². The SMILES string of the molecule is COS(=O)(=O)c1ccnc(N[C@H]2CO[C@H](CO)[C@H](O)[C@@H]2O)n1. The second-order valence-electron chi connectivity index (χ2n) is 4.63. The molecule has 1 fully saturated rings. The van der Waals surface area contributed by atoms with E-state index in [-0.39, 0.29) is 17.6 Å². The minimum Gasteiger partial charge on any atom is -0.394 e. The molecule has 4 atom stereocenters. The van der Waals surface area contributed by atoms with Gasteiger partial charge in [0.2, 0.25) is 5.95 Å². The van der Waals surface area contributed by atoms with Crippen molar-refractivity contribution in [2.24, 2.45) is 0 Å². The molecule has 2 rings (SSSR count). The van der Waals surface area contributed by atoms with Gasteiger partial charge < -0.3 is 25.4 Å². The van der Waals surface area contributed by atoms with Crippen LogP contribution in [0, 0.1) is 0 Å². The molecule has 4 N–H and O–H groups in total. The van der Waals surface area contributed by atoms with E-state index in [1.807, 2.05) is 0 Å². The van der Waals surface area contributed by atoms with Crippen molar-refractivity contribution in [1.29, 1.82) is 0 Å². The molecule has 0 unspecified atom stereocenters. The molecular weight excluding hydrogens is 318 g/mol. The molecule has 0 saturated carbocycles. The van der Waals surface area contributed by atoms with E-state index in [4.69, 9.17) is 9.84 Å². The molecule has 1 aromatic rings. The third kappa shape index (κ3) is 3.51. The van der Waals surface area contributed by atoms with Gasteiger partial charge in [-0.05, 0) is 6.07 Å². The molecular formula is C11H17N3O7S. The first-order valence-corrected chi connectivity index (χ1v) is 7.78. The van der Waals surface area contributed by atoms with Crippen LogP contribution in [-0.4, -0.2) is 78.4 Å². The number of hydrogen-bond acceptors (Lipinski definition) is 10. The summed E-state index contributed by atoms with van der Waals surface area (Å²) in [5, 5.41) is 31.1. The van der Waals surface area contributed by atoms with Crippen LogP contribution in [0.15, 0.2) is 17.3 Å². The molecule has 1 saturated heterocycles. The minimum atomic E-state index is -3.97. The summed E-state index contributed by atoms with van der Waals surface area (Å²) in [5.74, 6) is -0.0691. The Hall–Kier alpha value is -1.37. The molecule has 10 nitrogen and oxygen atoms in total. The lowest BCUT2D eigenvalue weighted by molar-refractivity contribution is -0.152. The largest absolute Gasteiger partial charge is 0.394 e. The van der Waals surface area contributed by atoms with E-state index in [0.29, 0.717) is 0 Å². The van der Waals surface area contributed by atoms with E-state index in [2.05, 4.69) is 19.5 Å². The standard InChI is InChI=1S/C11H17N3O7S/c1-20-22(18,19)8-2-3-12-11(14-8)13-6-5-21-7(4-15)10(17)9(6)16/h2-3,6-7,9-10,15-17H,4-5H2,1H3,(H,12,13,14)/t6-,7+,9+,10-/m0/s1. The Balaban J connectivity index is 2.13. The van der Waals surface area contributed by atoms with Crippen LogP contribution in [0.4, 0.5) is 5.95 Å². The number of nitrogens with one attached hydrogen (secondary N) is 1. The van der Waals surface area contributed by atoms with E-state index in [9.17, 15) is 18.6 Å². The summed E-state index contributed by atoms with van der Waals surface area (Å²) in [7, 11) is -2.96. The van der Waals surface area contributed by atoms with Crippen LogP contribution < -0.4 is 5.32 Å². The molecule has 1 aromatic heterocycles. The van der Waals surface area contributed by atoms with Gasteiger partial charge in [0, 0.05) is 6.20 Å². The fourth-order valence-corrected chi connectivity index (χ4v) is 2.57. The van der Waals surface area contributed by atoms with Crippen LogP contribution >= 0.6 is 0 Å². The van der Waals surface area contributed by atoms with Gasteiger partial charge in [-0.25, -0.2) is 4.98 Å². The van der Waals surface area contributed by atoms with Crippen LogP contribution in [0.5, 0.6) is 0 Å². The Morgan fingerprint density at radius 1 is 1.45 bits per heavy atom. The van der Waals surface area contributed by atoms with Crippen LogP contribution in [0.2, 0.25) is 0 Å². The van der Waals surface area contributed by atoms with Gasteiger partial charge in [0.1, 0.15) is 18.3 Å². The average Bonchev–Trinajstić information content (AvgIpc) is 2.52. The van der Waals surface area contributed by atoms with Gasteiger partial charge in [-0.2, -0.15) is 13.4 Å². The van der Waals surface area contributed by atoms with Crippen LogP contribution in [0.1, 0.15) is 0 Å². The number of aliphatic hydroxyl groups excluding tert-OH is 3. The predicted octanol–water partition coefficient (Wildman–Crippen LogP) is -2.29. The van der Waals surface area contributed by atoms with Crippen molar-refractivity contribution >= 4 is 16.1 Å². The molecule has 0 amide bonds. The minimum absolute atomic E-state index is 0.0198. The molecule has 22 heavy (non-hydrogen) atoms. The number of rotatable bonds is 5. The molecule has 2 heterocycles. The second-order valence-corrected chi connectivity index (χ2v) is 6.29. The smallest absolute Gasteiger partial charge is 0.314 e. The zero-order valence-electron chi connectivity index (χ0n) is 11.7. The summed E-state index contributed by atoms with van der Waals surface area (Å²) in [6.07, 6.45) is -2.20. The highest BCUT2D eigenvalue weighted by atomic mass is 32.2. The zero-order valence-corrected chi connectivity index (χ0v) is 12.5. The highest BCUT2D eigenvalue weighted by Gasteiger charge is 2.38. The Labute approximate surface area is 126 Å². The maximum absolute atomic E-state index is 11.6. The van der Waals surface area contributed by atoms with Crippen molar-refractivity contribution in [3.05, 3.63) is 12.3 Å². The second kappa shape index (κ2) is 6.81. The van der Waals surface area contributed by atoms with E-state index >= 15 is 0 Å². The molecule has 0 spiro atoms. The lowest BCUT2D eigenvalue weighted by Gasteiger charge is -2.37. The van der Waals surface area contributed by atoms with Gasteiger partial charge in [-0.3, -0.25) is 4.18 Å². The lowest BCUT2D eigenvalue weighted by atomic mass is 9.98. The molecule has 1 aliphatic heterocycles. The summed E-state index contributed by atoms with van der Waals surface area (Å²) in [4.78, 5) is 7.62. The van der Waals surface area contributed by atoms with Crippen LogP contribution in [0.3, 0.4) is 0 Å². The molecule has 124 valence electrons. The highest BCUT2D eigenvalue weighted by molar-refractivity contribution is 7.86. The summed E-state index contributed by atoms with van der Waals surface area (Å²) in [6.45, 7) is -0.447. The van der Waals surface area contributed by atoms with Crippen molar-refractivity contribution in [2.45, 2.75) is 29.4 Å². The number of ether oxygens (including phenoxy) is 1. The quantitative estimate of drug-likeness (QED) is 0.342. The number of aliphatic hydroxyl groups is 3. The molecule has 0 radical (unpaired) electrons. The number of nitrogens with zero attached hydrogens (tertiary/aromatic N) is 2. The summed E-state index contributed by atoms with van der Waals surface area (Å²) in [5.41, 5.74) is 0. The number of anilines is 1. The predicted molar refractivity (Wildman–Crippen MR) is 72.5 cm³/mol. The Morgan fingerprint density at radius 2 is 2.18 bits per heavy atom. The van der Waals surface area contributed by atoms with Crippen molar-refractivity contribution < 1.29 is 32.7 Å². The molecule has 11 heteroatoms. The molecule has 0 aromatic carbocycles. The van der Waals surface area contributed by atoms with E-state index < -0.39 is 41.1 Å². The lowest BCUT2D eigenvalue weighted by Crippen LogP contribution is -2.56. The third-order valence-corrected chi connectivity index (χ3v) is 4.41. The number of hydrogen-bond donors (Lipinski definition) is 4. The first kappa shape index (κ1) is 17.0. The van der Waals surface area contributed by atoms with Crippen molar-refractivity contribution in [1.82, 2.24) is 9.97 Å². The van der Waals surface area contributed by atoms with Gasteiger partial charge >= 0.3 is 10.1 Å². The fourth-order valence-electron chi connectivity index (χ4n) is 1.97.